The van der Waals surface area contributed by atoms with Gasteiger partial charge in [0.25, 0.3) is 0 Å². The topological polar surface area (TPSA) is 95.9 Å². The van der Waals surface area contributed by atoms with Gasteiger partial charge in [-0.15, -0.1) is 0 Å². The smallest absolute Gasteiger partial charge is 0.741 e. The van der Waals surface area contributed by atoms with Crippen molar-refractivity contribution < 1.29 is 26.2 Å². The summed E-state index contributed by atoms with van der Waals surface area (Å²) in [5.41, 5.74) is 6.56. The molecule has 2 rings (SSSR count). The Labute approximate surface area is 177 Å². The van der Waals surface area contributed by atoms with Crippen LogP contribution in [0.25, 0.3) is 11.0 Å². The Hall–Kier alpha value is -2.07. The average Bonchev–Trinajstić information content (AvgIpc) is 3.11. The van der Waals surface area contributed by atoms with Gasteiger partial charge in [-0.05, 0) is 23.6 Å². The SMILES string of the molecule is CN=C([S-])N/N=C(/C=N/NC(=NC)SC)c1cc2cccc(OC)c2o1.[Cu+]. The molecule has 0 fully saturated rings. The zero-order valence-corrected chi connectivity index (χ0v) is 17.7. The van der Waals surface area contributed by atoms with Crippen LogP contribution in [-0.2, 0) is 29.7 Å². The van der Waals surface area contributed by atoms with E-state index in [0.29, 0.717) is 28.0 Å². The molecular formula is C16H19CuN6O2S2. The first-order valence-corrected chi connectivity index (χ1v) is 9.10. The molecule has 0 unspecified atom stereocenters. The van der Waals surface area contributed by atoms with Gasteiger partial charge in [-0.25, -0.2) is 0 Å². The first kappa shape index (κ1) is 23.0. The van der Waals surface area contributed by atoms with Gasteiger partial charge >= 0.3 is 17.1 Å². The number of hydrogen-bond acceptors (Lipinski definition) is 8. The Morgan fingerprint density at radius 1 is 1.26 bits per heavy atom. The Bertz CT molecular complexity index is 879. The van der Waals surface area contributed by atoms with Gasteiger partial charge in [0.2, 0.25) is 0 Å². The number of furan rings is 1. The molecule has 1 aromatic carbocycles. The van der Waals surface area contributed by atoms with E-state index in [4.69, 9.17) is 21.8 Å². The van der Waals surface area contributed by atoms with Crippen molar-refractivity contribution in [2.45, 2.75) is 0 Å². The molecule has 1 aromatic heterocycles. The number of rotatable bonds is 5. The van der Waals surface area contributed by atoms with Gasteiger partial charge in [-0.1, -0.05) is 23.9 Å². The Kier molecular flexibility index (Phi) is 9.87. The van der Waals surface area contributed by atoms with Gasteiger partial charge in [0.05, 0.1) is 13.3 Å². The first-order chi connectivity index (χ1) is 12.6. The third-order valence-electron chi connectivity index (χ3n) is 3.20. The second kappa shape index (κ2) is 11.6. The predicted octanol–water partition coefficient (Wildman–Crippen LogP) is 2.19. The Balaban J connectivity index is 0.00000364. The molecule has 8 nitrogen and oxygen atoms in total. The summed E-state index contributed by atoms with van der Waals surface area (Å²) in [6, 6.07) is 7.49. The molecular weight excluding hydrogens is 436 g/mol. The summed E-state index contributed by atoms with van der Waals surface area (Å²) in [4.78, 5) is 7.88. The number of para-hydroxylation sites is 1. The first-order valence-electron chi connectivity index (χ1n) is 7.47. The van der Waals surface area contributed by atoms with E-state index in [2.05, 4.69) is 31.0 Å². The van der Waals surface area contributed by atoms with Crippen LogP contribution in [0.3, 0.4) is 0 Å². The Morgan fingerprint density at radius 2 is 2.04 bits per heavy atom. The summed E-state index contributed by atoms with van der Waals surface area (Å²) in [6.07, 6.45) is 3.41. The van der Waals surface area contributed by atoms with Gasteiger partial charge in [0.1, 0.15) is 5.71 Å². The number of hydrogen-bond donors (Lipinski definition) is 2. The second-order valence-corrected chi connectivity index (χ2v) is 5.91. The molecule has 0 atom stereocenters. The monoisotopic (exact) mass is 454 g/mol. The van der Waals surface area contributed by atoms with Crippen molar-refractivity contribution in [3.63, 3.8) is 0 Å². The number of methoxy groups -OCH3 is 1. The van der Waals surface area contributed by atoms with Crippen molar-refractivity contribution >= 4 is 57.6 Å². The minimum Gasteiger partial charge on any atom is -0.741 e. The third-order valence-corrected chi connectivity index (χ3v) is 4.13. The molecule has 0 saturated heterocycles. The summed E-state index contributed by atoms with van der Waals surface area (Å²) in [5, 5.41) is 10.2. The normalized spacial score (nSPS) is 13.0. The van der Waals surface area contributed by atoms with Gasteiger partial charge in [-0.2, -0.15) is 10.2 Å². The molecule has 0 aliphatic heterocycles. The zero-order valence-electron chi connectivity index (χ0n) is 15.1. The molecule has 0 bridgehead atoms. The molecule has 0 spiro atoms. The molecule has 0 amide bonds. The maximum absolute atomic E-state index is 5.90. The Morgan fingerprint density at radius 3 is 2.67 bits per heavy atom. The van der Waals surface area contributed by atoms with Crippen LogP contribution in [0.5, 0.6) is 5.75 Å². The fourth-order valence-electron chi connectivity index (χ4n) is 1.96. The average molecular weight is 455 g/mol. The number of aliphatic imine (C=N–C) groups is 2. The molecule has 11 heteroatoms. The quantitative estimate of drug-likeness (QED) is 0.236. The maximum atomic E-state index is 5.90. The van der Waals surface area contributed by atoms with E-state index in [9.17, 15) is 0 Å². The van der Waals surface area contributed by atoms with E-state index in [1.807, 2.05) is 30.5 Å². The van der Waals surface area contributed by atoms with Crippen molar-refractivity contribution in [1.29, 1.82) is 0 Å². The summed E-state index contributed by atoms with van der Waals surface area (Å²) >= 11 is 6.44. The van der Waals surface area contributed by atoms with Crippen molar-refractivity contribution in [1.82, 2.24) is 10.9 Å². The molecule has 2 N–H and O–H groups in total. The standard InChI is InChI=1S/C16H20N6O2S2.Cu/c1-17-15(25)21-20-11(9-19-22-16(18-2)26-4)13-8-10-6-5-7-12(23-3)14(10)24-13;/h5-9H,1-4H3,(H,18,22)(H2,17,21,25);/q;+1/p-1/b19-9+,20-11-;. The van der Waals surface area contributed by atoms with Crippen LogP contribution in [-0.4, -0.2) is 49.7 Å². The number of thioether (sulfide) groups is 1. The molecule has 0 aliphatic carbocycles. The van der Waals surface area contributed by atoms with Crippen molar-refractivity contribution in [2.24, 2.45) is 20.2 Å². The molecule has 0 saturated carbocycles. The minimum absolute atomic E-state index is 0. The van der Waals surface area contributed by atoms with Crippen molar-refractivity contribution in [3.05, 3.63) is 30.0 Å². The summed E-state index contributed by atoms with van der Waals surface area (Å²) in [6.45, 7) is 0. The summed E-state index contributed by atoms with van der Waals surface area (Å²) < 4.78 is 11.2. The number of hydrazone groups is 2. The maximum Gasteiger partial charge on any atom is 1.00 e. The van der Waals surface area contributed by atoms with Crippen LogP contribution in [0.1, 0.15) is 5.76 Å². The zero-order chi connectivity index (χ0) is 18.9. The van der Waals surface area contributed by atoms with Crippen molar-refractivity contribution in [3.8, 4) is 5.75 Å². The number of benzene rings is 1. The van der Waals surface area contributed by atoms with Crippen LogP contribution >= 0.6 is 11.8 Å². The molecule has 2 aromatic rings. The van der Waals surface area contributed by atoms with Crippen LogP contribution in [0.15, 0.2) is 48.9 Å². The minimum atomic E-state index is 0. The molecule has 148 valence electrons. The van der Waals surface area contributed by atoms with E-state index in [0.717, 1.165) is 5.39 Å². The van der Waals surface area contributed by atoms with E-state index >= 15 is 0 Å². The number of nitrogens with zero attached hydrogens (tertiary/aromatic N) is 4. The molecule has 1 heterocycles. The van der Waals surface area contributed by atoms with Crippen molar-refractivity contribution in [2.75, 3.05) is 27.5 Å². The number of amidine groups is 2. The van der Waals surface area contributed by atoms with Crippen LogP contribution in [0, 0.1) is 0 Å². The fraction of sp³-hybridized carbons (Fsp3) is 0.250. The van der Waals surface area contributed by atoms with E-state index in [1.165, 1.54) is 18.0 Å². The molecule has 0 aliphatic rings. The largest absolute Gasteiger partial charge is 1.00 e. The van der Waals surface area contributed by atoms with E-state index in [-0.39, 0.29) is 22.2 Å². The van der Waals surface area contributed by atoms with Crippen LogP contribution in [0.2, 0.25) is 0 Å². The molecule has 27 heavy (non-hydrogen) atoms. The summed E-state index contributed by atoms with van der Waals surface area (Å²) in [7, 11) is 4.85. The number of fused-ring (bicyclic) bond motifs is 1. The third kappa shape index (κ3) is 6.24. The summed E-state index contributed by atoms with van der Waals surface area (Å²) in [5.74, 6) is 1.14. The van der Waals surface area contributed by atoms with Crippen LogP contribution < -0.4 is 15.6 Å². The number of nitrogens with one attached hydrogen (secondary N) is 2. The fourth-order valence-corrected chi connectivity index (χ4v) is 2.34. The van der Waals surface area contributed by atoms with Gasteiger partial charge < -0.3 is 21.8 Å². The molecule has 0 radical (unpaired) electrons. The van der Waals surface area contributed by atoms with Gasteiger partial charge in [0.15, 0.2) is 22.3 Å². The number of ether oxygens (including phenoxy) is 1. The van der Waals surface area contributed by atoms with E-state index in [1.54, 1.807) is 21.2 Å². The van der Waals surface area contributed by atoms with Gasteiger partial charge in [0, 0.05) is 19.5 Å². The van der Waals surface area contributed by atoms with E-state index < -0.39 is 0 Å². The van der Waals surface area contributed by atoms with Crippen LogP contribution in [0.4, 0.5) is 0 Å². The second-order valence-electron chi connectivity index (χ2n) is 4.73. The predicted molar refractivity (Wildman–Crippen MR) is 112 cm³/mol. The van der Waals surface area contributed by atoms with Gasteiger partial charge in [-0.3, -0.25) is 20.8 Å².